The molecule has 1 saturated heterocycles. The minimum absolute atomic E-state index is 0.185. The SMILES string of the molecule is COCCc1noc([C@H]2CCCN(c3nccc(-c4ccccn4)n3)C2)n1. The van der Waals surface area contributed by atoms with Crippen molar-refractivity contribution < 1.29 is 9.26 Å². The number of pyridine rings is 1. The van der Waals surface area contributed by atoms with Gasteiger partial charge in [0.05, 0.1) is 23.9 Å². The standard InChI is InChI=1S/C19H22N6O2/c1-26-12-8-17-23-18(27-24-17)14-5-4-11-25(13-14)19-21-10-7-16(22-19)15-6-2-3-9-20-15/h2-3,6-7,9-10,14H,4-5,8,11-13H2,1H3/t14-/m0/s1. The summed E-state index contributed by atoms with van der Waals surface area (Å²) in [5, 5.41) is 4.06. The van der Waals surface area contributed by atoms with Gasteiger partial charge in [-0.1, -0.05) is 11.2 Å². The number of hydrogen-bond acceptors (Lipinski definition) is 8. The highest BCUT2D eigenvalue weighted by Crippen LogP contribution is 2.28. The van der Waals surface area contributed by atoms with Gasteiger partial charge in [-0.05, 0) is 31.0 Å². The van der Waals surface area contributed by atoms with Crippen LogP contribution in [0.2, 0.25) is 0 Å². The number of rotatable bonds is 6. The van der Waals surface area contributed by atoms with E-state index < -0.39 is 0 Å². The molecule has 3 aromatic rings. The molecule has 0 spiro atoms. The molecule has 8 nitrogen and oxygen atoms in total. The van der Waals surface area contributed by atoms with Crippen LogP contribution in [0.25, 0.3) is 11.4 Å². The van der Waals surface area contributed by atoms with Crippen LogP contribution in [0.15, 0.2) is 41.2 Å². The summed E-state index contributed by atoms with van der Waals surface area (Å²) in [6.45, 7) is 2.26. The molecule has 0 aromatic carbocycles. The number of anilines is 1. The fourth-order valence-electron chi connectivity index (χ4n) is 3.25. The van der Waals surface area contributed by atoms with Crippen molar-refractivity contribution >= 4 is 5.95 Å². The zero-order valence-corrected chi connectivity index (χ0v) is 15.3. The summed E-state index contributed by atoms with van der Waals surface area (Å²) >= 11 is 0. The molecule has 0 N–H and O–H groups in total. The molecule has 1 atom stereocenters. The number of hydrogen-bond donors (Lipinski definition) is 0. The van der Waals surface area contributed by atoms with Gasteiger partial charge < -0.3 is 14.2 Å². The molecule has 4 heterocycles. The number of piperidine rings is 1. The van der Waals surface area contributed by atoms with E-state index in [1.807, 2.05) is 24.3 Å². The van der Waals surface area contributed by atoms with E-state index in [2.05, 4.69) is 25.0 Å². The largest absolute Gasteiger partial charge is 0.384 e. The van der Waals surface area contributed by atoms with Gasteiger partial charge >= 0.3 is 0 Å². The van der Waals surface area contributed by atoms with Crippen LogP contribution in [0, 0.1) is 0 Å². The first kappa shape index (κ1) is 17.5. The third-order valence-electron chi connectivity index (χ3n) is 4.64. The van der Waals surface area contributed by atoms with Crippen LogP contribution < -0.4 is 4.90 Å². The number of methoxy groups -OCH3 is 1. The molecule has 27 heavy (non-hydrogen) atoms. The van der Waals surface area contributed by atoms with Gasteiger partial charge in [-0.2, -0.15) is 4.98 Å². The highest BCUT2D eigenvalue weighted by Gasteiger charge is 2.27. The second kappa shape index (κ2) is 8.22. The van der Waals surface area contributed by atoms with Crippen LogP contribution in [-0.2, 0) is 11.2 Å². The van der Waals surface area contributed by atoms with E-state index in [0.717, 1.165) is 37.3 Å². The second-order valence-corrected chi connectivity index (χ2v) is 6.53. The summed E-state index contributed by atoms with van der Waals surface area (Å²) in [6.07, 6.45) is 6.25. The molecule has 4 rings (SSSR count). The molecule has 3 aromatic heterocycles. The number of nitrogens with zero attached hydrogens (tertiary/aromatic N) is 6. The lowest BCUT2D eigenvalue weighted by molar-refractivity contribution is 0.199. The van der Waals surface area contributed by atoms with Crippen molar-refractivity contribution in [2.24, 2.45) is 0 Å². The van der Waals surface area contributed by atoms with Gasteiger partial charge in [0.2, 0.25) is 11.8 Å². The fraction of sp³-hybridized carbons (Fsp3) is 0.421. The lowest BCUT2D eigenvalue weighted by Crippen LogP contribution is -2.35. The summed E-state index contributed by atoms with van der Waals surface area (Å²) in [6, 6.07) is 7.68. The third kappa shape index (κ3) is 4.11. The zero-order chi connectivity index (χ0) is 18.5. The molecule has 0 saturated carbocycles. The van der Waals surface area contributed by atoms with E-state index >= 15 is 0 Å². The van der Waals surface area contributed by atoms with Gasteiger partial charge in [0.15, 0.2) is 5.82 Å². The number of ether oxygens (including phenoxy) is 1. The zero-order valence-electron chi connectivity index (χ0n) is 15.3. The highest BCUT2D eigenvalue weighted by molar-refractivity contribution is 5.55. The lowest BCUT2D eigenvalue weighted by atomic mass is 9.98. The number of aromatic nitrogens is 5. The minimum atomic E-state index is 0.185. The van der Waals surface area contributed by atoms with Crippen molar-refractivity contribution in [1.82, 2.24) is 25.1 Å². The Morgan fingerprint density at radius 2 is 2.11 bits per heavy atom. The molecular formula is C19H22N6O2. The summed E-state index contributed by atoms with van der Waals surface area (Å²) < 4.78 is 10.6. The Hall–Kier alpha value is -2.87. The van der Waals surface area contributed by atoms with Crippen molar-refractivity contribution in [2.75, 3.05) is 31.7 Å². The van der Waals surface area contributed by atoms with Gasteiger partial charge in [0.1, 0.15) is 0 Å². The second-order valence-electron chi connectivity index (χ2n) is 6.53. The molecule has 140 valence electrons. The molecule has 8 heteroatoms. The van der Waals surface area contributed by atoms with Crippen LogP contribution >= 0.6 is 0 Å². The van der Waals surface area contributed by atoms with Crippen molar-refractivity contribution in [3.63, 3.8) is 0 Å². The smallest absolute Gasteiger partial charge is 0.231 e. The van der Waals surface area contributed by atoms with Gasteiger partial charge in [-0.3, -0.25) is 4.98 Å². The van der Waals surface area contributed by atoms with Crippen molar-refractivity contribution in [3.05, 3.63) is 48.4 Å². The van der Waals surface area contributed by atoms with Crippen LogP contribution in [0.5, 0.6) is 0 Å². The van der Waals surface area contributed by atoms with Gasteiger partial charge in [-0.25, -0.2) is 9.97 Å². The molecule has 0 bridgehead atoms. The van der Waals surface area contributed by atoms with Crippen LogP contribution in [0.4, 0.5) is 5.95 Å². The normalized spacial score (nSPS) is 17.2. The topological polar surface area (TPSA) is 90.1 Å². The van der Waals surface area contributed by atoms with Crippen LogP contribution in [0.1, 0.15) is 30.5 Å². The lowest BCUT2D eigenvalue weighted by Gasteiger charge is -2.31. The Kier molecular flexibility index (Phi) is 5.34. The monoisotopic (exact) mass is 366 g/mol. The van der Waals surface area contributed by atoms with Crippen molar-refractivity contribution in [1.29, 1.82) is 0 Å². The van der Waals surface area contributed by atoms with E-state index in [1.54, 1.807) is 19.5 Å². The molecule has 1 fully saturated rings. The van der Waals surface area contributed by atoms with E-state index in [4.69, 9.17) is 14.2 Å². The predicted octanol–water partition coefficient (Wildman–Crippen LogP) is 2.49. The molecule has 1 aliphatic rings. The maximum absolute atomic E-state index is 5.48. The maximum Gasteiger partial charge on any atom is 0.231 e. The Labute approximate surface area is 157 Å². The Bertz CT molecular complexity index is 869. The van der Waals surface area contributed by atoms with E-state index in [1.165, 1.54) is 0 Å². The average molecular weight is 366 g/mol. The van der Waals surface area contributed by atoms with E-state index in [0.29, 0.717) is 30.7 Å². The molecular weight excluding hydrogens is 344 g/mol. The van der Waals surface area contributed by atoms with E-state index in [9.17, 15) is 0 Å². The summed E-state index contributed by atoms with van der Waals surface area (Å²) in [7, 11) is 1.67. The Morgan fingerprint density at radius 1 is 1.15 bits per heavy atom. The Morgan fingerprint density at radius 3 is 2.96 bits per heavy atom. The van der Waals surface area contributed by atoms with Crippen LogP contribution in [-0.4, -0.2) is 51.9 Å². The first-order chi connectivity index (χ1) is 13.3. The summed E-state index contributed by atoms with van der Waals surface area (Å²) in [5.74, 6) is 2.27. The molecule has 0 radical (unpaired) electrons. The van der Waals surface area contributed by atoms with Crippen molar-refractivity contribution in [2.45, 2.75) is 25.2 Å². The average Bonchev–Trinajstić information content (AvgIpc) is 3.22. The summed E-state index contributed by atoms with van der Waals surface area (Å²) in [4.78, 5) is 20.3. The minimum Gasteiger partial charge on any atom is -0.384 e. The molecule has 0 amide bonds. The third-order valence-corrected chi connectivity index (χ3v) is 4.64. The van der Waals surface area contributed by atoms with Crippen molar-refractivity contribution in [3.8, 4) is 11.4 Å². The Balaban J connectivity index is 1.49. The summed E-state index contributed by atoms with van der Waals surface area (Å²) in [5.41, 5.74) is 1.66. The fourth-order valence-corrected chi connectivity index (χ4v) is 3.25. The van der Waals surface area contributed by atoms with Gasteiger partial charge in [-0.15, -0.1) is 0 Å². The first-order valence-electron chi connectivity index (χ1n) is 9.14. The maximum atomic E-state index is 5.48. The predicted molar refractivity (Wildman–Crippen MR) is 99.3 cm³/mol. The van der Waals surface area contributed by atoms with Gasteiger partial charge in [0, 0.05) is 39.0 Å². The highest BCUT2D eigenvalue weighted by atomic mass is 16.5. The van der Waals surface area contributed by atoms with Gasteiger partial charge in [0.25, 0.3) is 0 Å². The molecule has 0 unspecified atom stereocenters. The molecule has 0 aliphatic carbocycles. The quantitative estimate of drug-likeness (QED) is 0.657. The van der Waals surface area contributed by atoms with E-state index in [-0.39, 0.29) is 5.92 Å². The first-order valence-corrected chi connectivity index (χ1v) is 9.14. The molecule has 1 aliphatic heterocycles. The van der Waals surface area contributed by atoms with Crippen LogP contribution in [0.3, 0.4) is 0 Å².